The average molecular weight is 429 g/mol. The molecule has 0 aliphatic carbocycles. The summed E-state index contributed by atoms with van der Waals surface area (Å²) >= 11 is 0. The molecule has 0 unspecified atom stereocenters. The van der Waals surface area contributed by atoms with E-state index in [0.717, 1.165) is 5.56 Å². The van der Waals surface area contributed by atoms with Gasteiger partial charge in [0.2, 0.25) is 0 Å². The van der Waals surface area contributed by atoms with Crippen molar-refractivity contribution < 1.29 is 9.53 Å². The number of ether oxygens (including phenoxy) is 1. The van der Waals surface area contributed by atoms with Crippen molar-refractivity contribution in [2.24, 2.45) is 0 Å². The zero-order valence-electron chi connectivity index (χ0n) is 18.2. The minimum atomic E-state index is -0.381. The van der Waals surface area contributed by atoms with Crippen LogP contribution in [0.5, 0.6) is 0 Å². The standard InChI is InChI=1S/C31H24O2/c32-31(30-20-11-10-19-28(30)23-22-25-13-4-1-5-14-25)33-24-12-21-29(26-15-6-2-7-16-26)27-17-8-3-9-18-27/h1-21,29H,24H2/b21-12+. The number of allylic oxidation sites excluding steroid dienone is 1. The third kappa shape index (κ3) is 6.09. The second-order valence-corrected chi connectivity index (χ2v) is 7.49. The van der Waals surface area contributed by atoms with Gasteiger partial charge in [0.25, 0.3) is 0 Å². The van der Waals surface area contributed by atoms with Crippen LogP contribution in [0.1, 0.15) is 38.5 Å². The Bertz CT molecular complexity index is 1220. The molecule has 0 saturated heterocycles. The van der Waals surface area contributed by atoms with E-state index in [0.29, 0.717) is 11.1 Å². The Kier molecular flexibility index (Phi) is 7.50. The Balaban J connectivity index is 1.45. The smallest absolute Gasteiger partial charge is 0.339 e. The molecule has 0 bridgehead atoms. The molecule has 0 aliphatic heterocycles. The van der Waals surface area contributed by atoms with Gasteiger partial charge in [0.15, 0.2) is 0 Å². The molecule has 0 aromatic heterocycles. The first kappa shape index (κ1) is 21.9. The highest BCUT2D eigenvalue weighted by molar-refractivity contribution is 5.92. The summed E-state index contributed by atoms with van der Waals surface area (Å²) in [6, 6.07) is 37.6. The fourth-order valence-corrected chi connectivity index (χ4v) is 3.56. The summed E-state index contributed by atoms with van der Waals surface area (Å²) in [5, 5.41) is 0. The molecule has 0 N–H and O–H groups in total. The SMILES string of the molecule is O=C(OC/C=C/C(c1ccccc1)c1ccccc1)c1ccccc1C#Cc1ccccc1. The summed E-state index contributed by atoms with van der Waals surface area (Å²) in [6.45, 7) is 0.190. The van der Waals surface area contributed by atoms with E-state index in [1.165, 1.54) is 11.1 Å². The van der Waals surface area contributed by atoms with Gasteiger partial charge in [-0.05, 0) is 35.4 Å². The van der Waals surface area contributed by atoms with Crippen LogP contribution in [0.15, 0.2) is 127 Å². The summed E-state index contributed by atoms with van der Waals surface area (Å²) in [5.41, 5.74) is 4.40. The van der Waals surface area contributed by atoms with E-state index in [2.05, 4.69) is 42.2 Å². The van der Waals surface area contributed by atoms with Crippen molar-refractivity contribution >= 4 is 5.97 Å². The normalized spacial score (nSPS) is 10.6. The summed E-state index contributed by atoms with van der Waals surface area (Å²) in [7, 11) is 0. The van der Waals surface area contributed by atoms with Crippen LogP contribution in [0.2, 0.25) is 0 Å². The molecular weight excluding hydrogens is 404 g/mol. The Hall–Kier alpha value is -4.35. The molecule has 33 heavy (non-hydrogen) atoms. The van der Waals surface area contributed by atoms with Crippen molar-refractivity contribution in [2.75, 3.05) is 6.61 Å². The first-order valence-electron chi connectivity index (χ1n) is 10.9. The number of benzene rings is 4. The third-order valence-corrected chi connectivity index (χ3v) is 5.22. The first-order valence-corrected chi connectivity index (χ1v) is 10.9. The average Bonchev–Trinajstić information content (AvgIpc) is 2.89. The van der Waals surface area contributed by atoms with Crippen LogP contribution < -0.4 is 0 Å². The van der Waals surface area contributed by atoms with Crippen LogP contribution in [0.25, 0.3) is 0 Å². The molecular formula is C31H24O2. The molecule has 0 atom stereocenters. The van der Waals surface area contributed by atoms with Gasteiger partial charge in [0.05, 0.1) is 5.56 Å². The maximum absolute atomic E-state index is 12.7. The first-order chi connectivity index (χ1) is 16.3. The maximum atomic E-state index is 12.7. The minimum Gasteiger partial charge on any atom is -0.458 e. The predicted molar refractivity (Wildman–Crippen MR) is 133 cm³/mol. The third-order valence-electron chi connectivity index (χ3n) is 5.22. The van der Waals surface area contributed by atoms with Crippen molar-refractivity contribution in [3.05, 3.63) is 155 Å². The maximum Gasteiger partial charge on any atom is 0.339 e. The fourth-order valence-electron chi connectivity index (χ4n) is 3.56. The van der Waals surface area contributed by atoms with Gasteiger partial charge >= 0.3 is 5.97 Å². The van der Waals surface area contributed by atoms with Crippen LogP contribution in [0.4, 0.5) is 0 Å². The van der Waals surface area contributed by atoms with Gasteiger partial charge in [0, 0.05) is 17.0 Å². The monoisotopic (exact) mass is 428 g/mol. The highest BCUT2D eigenvalue weighted by Gasteiger charge is 2.12. The minimum absolute atomic E-state index is 0.0927. The lowest BCUT2D eigenvalue weighted by Gasteiger charge is -2.14. The topological polar surface area (TPSA) is 26.3 Å². The molecule has 160 valence electrons. The number of hydrogen-bond donors (Lipinski definition) is 0. The van der Waals surface area contributed by atoms with Crippen molar-refractivity contribution in [1.82, 2.24) is 0 Å². The highest BCUT2D eigenvalue weighted by Crippen LogP contribution is 2.25. The molecule has 0 radical (unpaired) electrons. The number of hydrogen-bond acceptors (Lipinski definition) is 2. The van der Waals surface area contributed by atoms with Crippen LogP contribution in [-0.2, 0) is 4.74 Å². The van der Waals surface area contributed by atoms with E-state index in [-0.39, 0.29) is 18.5 Å². The molecule has 0 fully saturated rings. The number of rotatable bonds is 6. The van der Waals surface area contributed by atoms with Crippen molar-refractivity contribution in [3.8, 4) is 11.8 Å². The van der Waals surface area contributed by atoms with Gasteiger partial charge in [-0.3, -0.25) is 0 Å². The summed E-state index contributed by atoms with van der Waals surface area (Å²) in [5.74, 6) is 5.91. The molecule has 4 aromatic rings. The van der Waals surface area contributed by atoms with Gasteiger partial charge < -0.3 is 4.74 Å². The van der Waals surface area contributed by atoms with Crippen LogP contribution >= 0.6 is 0 Å². The molecule has 2 nitrogen and oxygen atoms in total. The molecule has 0 amide bonds. The van der Waals surface area contributed by atoms with Crippen LogP contribution in [0, 0.1) is 11.8 Å². The molecule has 0 heterocycles. The van der Waals surface area contributed by atoms with Gasteiger partial charge in [-0.2, -0.15) is 0 Å². The van der Waals surface area contributed by atoms with E-state index in [1.54, 1.807) is 6.07 Å². The Labute approximate surface area is 195 Å². The number of carbonyl (C=O) groups is 1. The molecule has 4 rings (SSSR count). The molecule has 4 aromatic carbocycles. The summed E-state index contributed by atoms with van der Waals surface area (Å²) in [6.07, 6.45) is 3.99. The summed E-state index contributed by atoms with van der Waals surface area (Å²) < 4.78 is 5.55. The van der Waals surface area contributed by atoms with E-state index in [9.17, 15) is 4.79 Å². The Morgan fingerprint density at radius 1 is 0.697 bits per heavy atom. The largest absolute Gasteiger partial charge is 0.458 e. The molecule has 2 heteroatoms. The van der Waals surface area contributed by atoms with Gasteiger partial charge in [-0.1, -0.05) is 115 Å². The van der Waals surface area contributed by atoms with Crippen LogP contribution in [0.3, 0.4) is 0 Å². The quantitative estimate of drug-likeness (QED) is 0.196. The van der Waals surface area contributed by atoms with E-state index in [1.807, 2.05) is 91.0 Å². The molecule has 0 spiro atoms. The van der Waals surface area contributed by atoms with E-state index < -0.39 is 0 Å². The number of esters is 1. The van der Waals surface area contributed by atoms with Crippen molar-refractivity contribution in [3.63, 3.8) is 0 Å². The van der Waals surface area contributed by atoms with E-state index >= 15 is 0 Å². The molecule has 0 saturated carbocycles. The zero-order chi connectivity index (χ0) is 22.7. The van der Waals surface area contributed by atoms with Crippen LogP contribution in [-0.4, -0.2) is 12.6 Å². The van der Waals surface area contributed by atoms with Crippen molar-refractivity contribution in [2.45, 2.75) is 5.92 Å². The second kappa shape index (κ2) is 11.3. The highest BCUT2D eigenvalue weighted by atomic mass is 16.5. The van der Waals surface area contributed by atoms with Gasteiger partial charge in [0.1, 0.15) is 6.61 Å². The van der Waals surface area contributed by atoms with Gasteiger partial charge in [-0.25, -0.2) is 4.79 Å². The lowest BCUT2D eigenvalue weighted by molar-refractivity contribution is 0.0549. The lowest BCUT2D eigenvalue weighted by Crippen LogP contribution is -2.07. The zero-order valence-corrected chi connectivity index (χ0v) is 18.2. The van der Waals surface area contributed by atoms with Gasteiger partial charge in [-0.15, -0.1) is 0 Å². The van der Waals surface area contributed by atoms with Crippen molar-refractivity contribution in [1.29, 1.82) is 0 Å². The summed E-state index contributed by atoms with van der Waals surface area (Å²) in [4.78, 5) is 12.7. The Morgan fingerprint density at radius 3 is 1.88 bits per heavy atom. The fraction of sp³-hybridized carbons (Fsp3) is 0.0645. The second-order valence-electron chi connectivity index (χ2n) is 7.49. The number of carbonyl (C=O) groups excluding carboxylic acids is 1. The molecule has 0 aliphatic rings. The predicted octanol–water partition coefficient (Wildman–Crippen LogP) is 6.63. The Morgan fingerprint density at radius 2 is 1.24 bits per heavy atom. The lowest BCUT2D eigenvalue weighted by atomic mass is 9.91. The van der Waals surface area contributed by atoms with E-state index in [4.69, 9.17) is 4.74 Å².